The molecule has 1 aromatic heterocycles. The Morgan fingerprint density at radius 3 is 2.86 bits per heavy atom. The van der Waals surface area contributed by atoms with E-state index in [1.54, 1.807) is 19.2 Å². The highest BCUT2D eigenvalue weighted by atomic mass is 32.2. The Balaban J connectivity index is 2.10. The van der Waals surface area contributed by atoms with Gasteiger partial charge in [0.2, 0.25) is 10.0 Å². The van der Waals surface area contributed by atoms with Gasteiger partial charge in [0.05, 0.1) is 17.4 Å². The summed E-state index contributed by atoms with van der Waals surface area (Å²) in [4.78, 5) is 17.7. The van der Waals surface area contributed by atoms with Crippen molar-refractivity contribution in [3.05, 3.63) is 53.6 Å². The van der Waals surface area contributed by atoms with Gasteiger partial charge in [-0.1, -0.05) is 12.1 Å². The zero-order valence-corrected chi connectivity index (χ0v) is 12.1. The highest BCUT2D eigenvalue weighted by molar-refractivity contribution is 7.88. The summed E-state index contributed by atoms with van der Waals surface area (Å²) < 4.78 is 26.7. The maximum absolute atomic E-state index is 12.1. The van der Waals surface area contributed by atoms with Crippen molar-refractivity contribution in [3.8, 4) is 0 Å². The average molecular weight is 309 g/mol. The highest BCUT2D eigenvalue weighted by Gasteiger charge is 2.18. The van der Waals surface area contributed by atoms with Crippen LogP contribution in [0.25, 0.3) is 0 Å². The number of carboxylic acid groups (broad SMARTS) is 1. The number of aromatic nitrogens is 2. The van der Waals surface area contributed by atoms with Crippen LogP contribution in [0.2, 0.25) is 0 Å². The third-order valence-corrected chi connectivity index (χ3v) is 4.24. The highest BCUT2D eigenvalue weighted by Crippen LogP contribution is 2.12. The molecule has 1 heterocycles. The number of aromatic carboxylic acids is 1. The van der Waals surface area contributed by atoms with Crippen molar-refractivity contribution in [1.29, 1.82) is 0 Å². The number of nitrogens with one attached hydrogen (secondary N) is 2. The van der Waals surface area contributed by atoms with Crippen LogP contribution in [-0.2, 0) is 15.8 Å². The van der Waals surface area contributed by atoms with Gasteiger partial charge in [-0.05, 0) is 24.6 Å². The Kier molecular flexibility index (Phi) is 4.39. The molecule has 1 atom stereocenters. The predicted octanol–water partition coefficient (Wildman–Crippen LogP) is 1.29. The lowest BCUT2D eigenvalue weighted by Crippen LogP contribution is -2.28. The number of benzene rings is 1. The first kappa shape index (κ1) is 15.2. The van der Waals surface area contributed by atoms with Crippen LogP contribution in [-0.4, -0.2) is 29.5 Å². The molecule has 0 fully saturated rings. The third-order valence-electron chi connectivity index (χ3n) is 2.82. The van der Waals surface area contributed by atoms with Crippen LogP contribution in [0, 0.1) is 0 Å². The topological polar surface area (TPSA) is 112 Å². The fourth-order valence-electron chi connectivity index (χ4n) is 1.89. The third kappa shape index (κ3) is 4.14. The van der Waals surface area contributed by atoms with Gasteiger partial charge in [0.15, 0.2) is 0 Å². The Bertz CT molecular complexity index is 726. The van der Waals surface area contributed by atoms with Gasteiger partial charge in [0, 0.05) is 12.4 Å². The number of hydrogen-bond donors (Lipinski definition) is 3. The molecular formula is C13H15N3O4S. The lowest BCUT2D eigenvalue weighted by Gasteiger charge is -2.12. The molecule has 0 aliphatic heterocycles. The number of hydrogen-bond acceptors (Lipinski definition) is 4. The molecule has 0 amide bonds. The van der Waals surface area contributed by atoms with Crippen LogP contribution >= 0.6 is 0 Å². The van der Waals surface area contributed by atoms with E-state index < -0.39 is 22.0 Å². The van der Waals surface area contributed by atoms with E-state index >= 15 is 0 Å². The summed E-state index contributed by atoms with van der Waals surface area (Å²) in [5.74, 6) is -0.872. The van der Waals surface area contributed by atoms with Crippen molar-refractivity contribution in [2.45, 2.75) is 18.7 Å². The first-order valence-electron chi connectivity index (χ1n) is 6.19. The monoisotopic (exact) mass is 309 g/mol. The van der Waals surface area contributed by atoms with Gasteiger partial charge in [-0.15, -0.1) is 0 Å². The van der Waals surface area contributed by atoms with Gasteiger partial charge in [-0.25, -0.2) is 22.9 Å². The zero-order valence-electron chi connectivity index (χ0n) is 11.3. The van der Waals surface area contributed by atoms with Gasteiger partial charge in [-0.2, -0.15) is 0 Å². The molecule has 0 spiro atoms. The van der Waals surface area contributed by atoms with Gasteiger partial charge in [0.25, 0.3) is 0 Å². The molecule has 2 aromatic rings. The van der Waals surface area contributed by atoms with E-state index in [4.69, 9.17) is 5.11 Å². The Labute approximate surface area is 122 Å². The van der Waals surface area contributed by atoms with Crippen LogP contribution in [0.3, 0.4) is 0 Å². The summed E-state index contributed by atoms with van der Waals surface area (Å²) in [6.07, 6.45) is 3.15. The molecular weight excluding hydrogens is 294 g/mol. The number of imidazole rings is 1. The molecule has 0 aliphatic rings. The van der Waals surface area contributed by atoms with Gasteiger partial charge >= 0.3 is 5.97 Å². The minimum Gasteiger partial charge on any atom is -0.478 e. The van der Waals surface area contributed by atoms with Crippen molar-refractivity contribution < 1.29 is 18.3 Å². The normalized spacial score (nSPS) is 13.0. The van der Waals surface area contributed by atoms with Crippen LogP contribution in [0.1, 0.15) is 34.7 Å². The molecule has 1 unspecified atom stereocenters. The fraction of sp³-hybridized carbons (Fsp3) is 0.231. The minimum absolute atomic E-state index is 0.0572. The lowest BCUT2D eigenvalue weighted by molar-refractivity contribution is 0.0696. The first-order valence-corrected chi connectivity index (χ1v) is 7.84. The molecule has 0 radical (unpaired) electrons. The van der Waals surface area contributed by atoms with E-state index in [2.05, 4.69) is 14.7 Å². The molecule has 8 heteroatoms. The standard InChI is InChI=1S/C13H15N3O4S/c1-9(12-14-5-6-15-12)16-21(19,20)8-10-3-2-4-11(7-10)13(17)18/h2-7,9,16H,8H2,1H3,(H,14,15)(H,17,18). The molecule has 0 bridgehead atoms. The van der Waals surface area contributed by atoms with Crippen LogP contribution < -0.4 is 4.72 Å². The Morgan fingerprint density at radius 2 is 2.24 bits per heavy atom. The van der Waals surface area contributed by atoms with Gasteiger partial charge < -0.3 is 10.1 Å². The average Bonchev–Trinajstić information content (AvgIpc) is 2.91. The second kappa shape index (κ2) is 6.06. The second-order valence-electron chi connectivity index (χ2n) is 4.58. The summed E-state index contributed by atoms with van der Waals surface area (Å²) in [5, 5.41) is 8.90. The number of H-pyrrole nitrogens is 1. The van der Waals surface area contributed by atoms with Crippen molar-refractivity contribution in [3.63, 3.8) is 0 Å². The lowest BCUT2D eigenvalue weighted by atomic mass is 10.1. The summed E-state index contributed by atoms with van der Waals surface area (Å²) in [6, 6.07) is 5.36. The van der Waals surface area contributed by atoms with Crippen LogP contribution in [0.4, 0.5) is 0 Å². The van der Waals surface area contributed by atoms with E-state index in [0.29, 0.717) is 11.4 Å². The summed E-state index contributed by atoms with van der Waals surface area (Å²) >= 11 is 0. The van der Waals surface area contributed by atoms with E-state index in [-0.39, 0.29) is 11.3 Å². The smallest absolute Gasteiger partial charge is 0.335 e. The van der Waals surface area contributed by atoms with E-state index in [1.807, 2.05) is 0 Å². The largest absolute Gasteiger partial charge is 0.478 e. The van der Waals surface area contributed by atoms with Crippen LogP contribution in [0.15, 0.2) is 36.7 Å². The van der Waals surface area contributed by atoms with Crippen molar-refractivity contribution in [2.75, 3.05) is 0 Å². The van der Waals surface area contributed by atoms with Gasteiger partial charge in [0.1, 0.15) is 5.82 Å². The number of aromatic amines is 1. The number of rotatable bonds is 6. The molecule has 21 heavy (non-hydrogen) atoms. The quantitative estimate of drug-likeness (QED) is 0.744. The van der Waals surface area contributed by atoms with Crippen molar-refractivity contribution in [2.24, 2.45) is 0 Å². The number of nitrogens with zero attached hydrogens (tertiary/aromatic N) is 1. The molecule has 7 nitrogen and oxygen atoms in total. The molecule has 2 rings (SSSR count). The van der Waals surface area contributed by atoms with E-state index in [0.717, 1.165) is 0 Å². The van der Waals surface area contributed by atoms with E-state index in [1.165, 1.54) is 24.4 Å². The molecule has 112 valence electrons. The summed E-state index contributed by atoms with van der Waals surface area (Å²) in [7, 11) is -3.61. The predicted molar refractivity (Wildman–Crippen MR) is 76.2 cm³/mol. The summed E-state index contributed by atoms with van der Waals surface area (Å²) in [5.41, 5.74) is 0.468. The zero-order chi connectivity index (χ0) is 15.5. The molecule has 0 aliphatic carbocycles. The Hall–Kier alpha value is -2.19. The first-order chi connectivity index (χ1) is 9.87. The SMILES string of the molecule is CC(NS(=O)(=O)Cc1cccc(C(=O)O)c1)c1ncc[nH]1. The number of carbonyl (C=O) groups is 1. The maximum atomic E-state index is 12.1. The van der Waals surface area contributed by atoms with Crippen LogP contribution in [0.5, 0.6) is 0 Å². The van der Waals surface area contributed by atoms with Gasteiger partial charge in [-0.3, -0.25) is 0 Å². The minimum atomic E-state index is -3.61. The molecule has 0 saturated carbocycles. The van der Waals surface area contributed by atoms with Crippen molar-refractivity contribution in [1.82, 2.24) is 14.7 Å². The fourth-order valence-corrected chi connectivity index (χ4v) is 3.25. The molecule has 0 saturated heterocycles. The molecule has 1 aromatic carbocycles. The Morgan fingerprint density at radius 1 is 1.48 bits per heavy atom. The number of carboxylic acids is 1. The summed E-state index contributed by atoms with van der Waals surface area (Å²) in [6.45, 7) is 1.67. The number of sulfonamides is 1. The maximum Gasteiger partial charge on any atom is 0.335 e. The second-order valence-corrected chi connectivity index (χ2v) is 6.33. The van der Waals surface area contributed by atoms with E-state index in [9.17, 15) is 13.2 Å². The van der Waals surface area contributed by atoms with Crippen molar-refractivity contribution >= 4 is 16.0 Å². The molecule has 3 N–H and O–H groups in total.